The molecule has 1 nitrogen and oxygen atoms in total. The first-order valence-electron chi connectivity index (χ1n) is 5.27. The van der Waals surface area contributed by atoms with Crippen LogP contribution in [0.2, 0.25) is 0 Å². The van der Waals surface area contributed by atoms with Crippen LogP contribution in [-0.4, -0.2) is 11.2 Å². The fourth-order valence-electron chi connectivity index (χ4n) is 2.26. The highest BCUT2D eigenvalue weighted by Crippen LogP contribution is 2.32. The molecule has 0 radical (unpaired) electrons. The number of aliphatic hydroxyl groups excluding tert-OH is 1. The molecule has 0 heterocycles. The zero-order valence-electron chi connectivity index (χ0n) is 8.59. The second kappa shape index (κ2) is 4.27. The van der Waals surface area contributed by atoms with E-state index in [1.54, 1.807) is 0 Å². The van der Waals surface area contributed by atoms with Gasteiger partial charge in [-0.15, -0.1) is 0 Å². The Bertz CT molecular complexity index is 131. The molecular weight excluding hydrogens is 148 g/mol. The van der Waals surface area contributed by atoms with Gasteiger partial charge in [-0.1, -0.05) is 20.8 Å². The summed E-state index contributed by atoms with van der Waals surface area (Å²) in [6.07, 6.45) is 4.86. The van der Waals surface area contributed by atoms with Gasteiger partial charge >= 0.3 is 0 Å². The van der Waals surface area contributed by atoms with Gasteiger partial charge in [-0.2, -0.15) is 0 Å². The lowest BCUT2D eigenvalue weighted by Gasteiger charge is -2.31. The molecule has 1 heteroatoms. The van der Waals surface area contributed by atoms with Crippen LogP contribution in [-0.2, 0) is 0 Å². The van der Waals surface area contributed by atoms with Crippen LogP contribution in [0, 0.1) is 17.8 Å². The minimum atomic E-state index is -0.0255. The monoisotopic (exact) mass is 170 g/mol. The number of hydrogen-bond donors (Lipinski definition) is 1. The first-order chi connectivity index (χ1) is 5.59. The lowest BCUT2D eigenvalue weighted by atomic mass is 9.77. The standard InChI is InChI=1S/C11H22O/c1-8(2)6-10-5-4-9(3)11(12)7-10/h8-12H,4-7H2,1-3H3. The van der Waals surface area contributed by atoms with Crippen LogP contribution in [0.15, 0.2) is 0 Å². The fourth-order valence-corrected chi connectivity index (χ4v) is 2.26. The van der Waals surface area contributed by atoms with Crippen LogP contribution in [0.4, 0.5) is 0 Å². The molecule has 72 valence electrons. The number of aliphatic hydroxyl groups is 1. The van der Waals surface area contributed by atoms with E-state index in [0.717, 1.165) is 18.3 Å². The molecular formula is C11H22O. The SMILES string of the molecule is CC(C)CC1CCC(C)C(O)C1. The van der Waals surface area contributed by atoms with Crippen molar-refractivity contribution in [2.75, 3.05) is 0 Å². The molecule has 0 amide bonds. The van der Waals surface area contributed by atoms with E-state index in [9.17, 15) is 5.11 Å². The minimum Gasteiger partial charge on any atom is -0.393 e. The van der Waals surface area contributed by atoms with Gasteiger partial charge in [0.1, 0.15) is 0 Å². The van der Waals surface area contributed by atoms with Crippen molar-refractivity contribution < 1.29 is 5.11 Å². The second-order valence-corrected chi connectivity index (χ2v) is 4.85. The third kappa shape index (κ3) is 2.78. The van der Waals surface area contributed by atoms with Crippen LogP contribution < -0.4 is 0 Å². The summed E-state index contributed by atoms with van der Waals surface area (Å²) >= 11 is 0. The van der Waals surface area contributed by atoms with Crippen LogP contribution in [0.3, 0.4) is 0 Å². The Kier molecular flexibility index (Phi) is 3.57. The van der Waals surface area contributed by atoms with Gasteiger partial charge in [0.15, 0.2) is 0 Å². The first kappa shape index (κ1) is 10.0. The molecule has 0 bridgehead atoms. The third-order valence-corrected chi connectivity index (χ3v) is 3.07. The lowest BCUT2D eigenvalue weighted by Crippen LogP contribution is -2.27. The van der Waals surface area contributed by atoms with E-state index in [-0.39, 0.29) is 6.10 Å². The fraction of sp³-hybridized carbons (Fsp3) is 1.00. The minimum absolute atomic E-state index is 0.0255. The van der Waals surface area contributed by atoms with E-state index in [1.165, 1.54) is 19.3 Å². The van der Waals surface area contributed by atoms with Crippen LogP contribution >= 0.6 is 0 Å². The molecule has 0 spiro atoms. The summed E-state index contributed by atoms with van der Waals surface area (Å²) in [7, 11) is 0. The van der Waals surface area contributed by atoms with Gasteiger partial charge in [-0.05, 0) is 43.4 Å². The van der Waals surface area contributed by atoms with Crippen molar-refractivity contribution in [3.05, 3.63) is 0 Å². The smallest absolute Gasteiger partial charge is 0.0568 e. The molecule has 0 aromatic heterocycles. The van der Waals surface area contributed by atoms with Gasteiger partial charge in [0, 0.05) is 0 Å². The maximum Gasteiger partial charge on any atom is 0.0568 e. The summed E-state index contributed by atoms with van der Waals surface area (Å²) in [5.41, 5.74) is 0. The summed E-state index contributed by atoms with van der Waals surface area (Å²) in [5, 5.41) is 9.66. The van der Waals surface area contributed by atoms with E-state index in [4.69, 9.17) is 0 Å². The average Bonchev–Trinajstić information content (AvgIpc) is 1.96. The Balaban J connectivity index is 2.30. The van der Waals surface area contributed by atoms with E-state index in [0.29, 0.717) is 5.92 Å². The molecule has 0 aromatic carbocycles. The molecule has 12 heavy (non-hydrogen) atoms. The molecule has 0 aliphatic heterocycles. The van der Waals surface area contributed by atoms with E-state index in [2.05, 4.69) is 20.8 Å². The highest BCUT2D eigenvalue weighted by atomic mass is 16.3. The Morgan fingerprint density at radius 1 is 1.33 bits per heavy atom. The molecule has 0 aromatic rings. The molecule has 1 N–H and O–H groups in total. The zero-order chi connectivity index (χ0) is 9.14. The van der Waals surface area contributed by atoms with Crippen molar-refractivity contribution in [3.63, 3.8) is 0 Å². The summed E-state index contributed by atoms with van der Waals surface area (Å²) in [4.78, 5) is 0. The van der Waals surface area contributed by atoms with E-state index < -0.39 is 0 Å². The zero-order valence-corrected chi connectivity index (χ0v) is 8.59. The molecule has 1 aliphatic carbocycles. The van der Waals surface area contributed by atoms with Crippen molar-refractivity contribution >= 4 is 0 Å². The van der Waals surface area contributed by atoms with Gasteiger partial charge in [0.05, 0.1) is 6.10 Å². The molecule has 0 saturated heterocycles. The quantitative estimate of drug-likeness (QED) is 0.675. The normalized spacial score (nSPS) is 37.2. The molecule has 1 saturated carbocycles. The summed E-state index contributed by atoms with van der Waals surface area (Å²) in [6, 6.07) is 0. The Labute approximate surface area is 76.2 Å². The topological polar surface area (TPSA) is 20.2 Å². The Morgan fingerprint density at radius 2 is 2.00 bits per heavy atom. The van der Waals surface area contributed by atoms with Crippen molar-refractivity contribution in [1.29, 1.82) is 0 Å². The van der Waals surface area contributed by atoms with E-state index in [1.807, 2.05) is 0 Å². The first-order valence-corrected chi connectivity index (χ1v) is 5.27. The van der Waals surface area contributed by atoms with E-state index >= 15 is 0 Å². The third-order valence-electron chi connectivity index (χ3n) is 3.07. The van der Waals surface area contributed by atoms with Crippen molar-refractivity contribution in [1.82, 2.24) is 0 Å². The van der Waals surface area contributed by atoms with Gasteiger partial charge < -0.3 is 5.11 Å². The Morgan fingerprint density at radius 3 is 2.50 bits per heavy atom. The maximum atomic E-state index is 9.66. The predicted octanol–water partition coefficient (Wildman–Crippen LogP) is 2.83. The molecule has 3 unspecified atom stereocenters. The molecule has 1 rings (SSSR count). The van der Waals surface area contributed by atoms with Crippen LogP contribution in [0.1, 0.15) is 46.5 Å². The summed E-state index contributed by atoms with van der Waals surface area (Å²) < 4.78 is 0. The molecule has 1 fully saturated rings. The number of hydrogen-bond acceptors (Lipinski definition) is 1. The van der Waals surface area contributed by atoms with Crippen molar-refractivity contribution in [2.45, 2.75) is 52.6 Å². The summed E-state index contributed by atoms with van der Waals surface area (Å²) in [5.74, 6) is 2.11. The highest BCUT2D eigenvalue weighted by Gasteiger charge is 2.25. The van der Waals surface area contributed by atoms with Crippen molar-refractivity contribution in [3.8, 4) is 0 Å². The van der Waals surface area contributed by atoms with Crippen molar-refractivity contribution in [2.24, 2.45) is 17.8 Å². The summed E-state index contributed by atoms with van der Waals surface area (Å²) in [6.45, 7) is 6.70. The second-order valence-electron chi connectivity index (χ2n) is 4.85. The van der Waals surface area contributed by atoms with Crippen LogP contribution in [0.5, 0.6) is 0 Å². The van der Waals surface area contributed by atoms with Gasteiger partial charge in [0.25, 0.3) is 0 Å². The maximum absolute atomic E-state index is 9.66. The van der Waals surface area contributed by atoms with Gasteiger partial charge in [0.2, 0.25) is 0 Å². The van der Waals surface area contributed by atoms with Gasteiger partial charge in [-0.25, -0.2) is 0 Å². The predicted molar refractivity (Wildman–Crippen MR) is 52.0 cm³/mol. The van der Waals surface area contributed by atoms with Crippen LogP contribution in [0.25, 0.3) is 0 Å². The Hall–Kier alpha value is -0.0400. The largest absolute Gasteiger partial charge is 0.393 e. The molecule has 1 aliphatic rings. The van der Waals surface area contributed by atoms with Gasteiger partial charge in [-0.3, -0.25) is 0 Å². The average molecular weight is 170 g/mol. The highest BCUT2D eigenvalue weighted by molar-refractivity contribution is 4.77. The lowest BCUT2D eigenvalue weighted by molar-refractivity contribution is 0.0480. The number of rotatable bonds is 2. The molecule has 3 atom stereocenters.